The van der Waals surface area contributed by atoms with Crippen LogP contribution < -0.4 is 0 Å². The lowest BCUT2D eigenvalue weighted by atomic mass is 9.69. The molecule has 0 aliphatic carbocycles. The van der Waals surface area contributed by atoms with Gasteiger partial charge in [0.15, 0.2) is 5.78 Å². The molecule has 5 heteroatoms. The van der Waals surface area contributed by atoms with Crippen molar-refractivity contribution in [3.63, 3.8) is 0 Å². The molecule has 4 rings (SSSR count). The molecular formula is C28H31NO3S. The van der Waals surface area contributed by atoms with Gasteiger partial charge in [-0.3, -0.25) is 9.59 Å². The average molecular weight is 462 g/mol. The van der Waals surface area contributed by atoms with E-state index < -0.39 is 0 Å². The Morgan fingerprint density at radius 1 is 1.09 bits per heavy atom. The molecule has 1 amide bonds. The van der Waals surface area contributed by atoms with E-state index in [1.165, 1.54) is 16.9 Å². The van der Waals surface area contributed by atoms with E-state index in [1.54, 1.807) is 6.92 Å². The number of benzene rings is 2. The van der Waals surface area contributed by atoms with E-state index in [0.717, 1.165) is 33.7 Å². The molecule has 172 valence electrons. The number of nitrogens with zero attached hydrogens (tertiary/aromatic N) is 1. The van der Waals surface area contributed by atoms with Crippen LogP contribution in [0, 0.1) is 0 Å². The molecule has 2 aromatic carbocycles. The van der Waals surface area contributed by atoms with Crippen molar-refractivity contribution in [2.45, 2.75) is 51.0 Å². The fraction of sp³-hybridized carbons (Fsp3) is 0.357. The maximum atomic E-state index is 13.3. The zero-order valence-corrected chi connectivity index (χ0v) is 20.1. The number of Topliss-reactive ketones (excluding diaryl/α,β-unsaturated/α-hetero) is 1. The number of likely N-dealkylation sites (tertiary alicyclic amines) is 1. The molecule has 0 saturated carbocycles. The number of piperidine rings is 1. The van der Waals surface area contributed by atoms with E-state index in [9.17, 15) is 14.7 Å². The van der Waals surface area contributed by atoms with Crippen LogP contribution in [-0.2, 0) is 10.2 Å². The molecule has 33 heavy (non-hydrogen) atoms. The van der Waals surface area contributed by atoms with Gasteiger partial charge < -0.3 is 10.0 Å². The molecule has 0 bridgehead atoms. The molecule has 1 unspecified atom stereocenters. The van der Waals surface area contributed by atoms with Gasteiger partial charge in [0.05, 0.1) is 10.9 Å². The van der Waals surface area contributed by atoms with E-state index in [4.69, 9.17) is 0 Å². The van der Waals surface area contributed by atoms with Crippen molar-refractivity contribution in [1.29, 1.82) is 0 Å². The number of thiophene rings is 1. The lowest BCUT2D eigenvalue weighted by Gasteiger charge is -2.44. The minimum atomic E-state index is -0.200. The lowest BCUT2D eigenvalue weighted by Crippen LogP contribution is -2.47. The number of aliphatic hydroxyl groups is 1. The molecule has 1 aliphatic heterocycles. The maximum Gasteiger partial charge on any atom is 0.223 e. The second kappa shape index (κ2) is 10.0. The summed E-state index contributed by atoms with van der Waals surface area (Å²) >= 11 is 1.51. The van der Waals surface area contributed by atoms with Crippen LogP contribution in [0.4, 0.5) is 0 Å². The Morgan fingerprint density at radius 2 is 1.82 bits per heavy atom. The van der Waals surface area contributed by atoms with Gasteiger partial charge >= 0.3 is 0 Å². The quantitative estimate of drug-likeness (QED) is 0.418. The summed E-state index contributed by atoms with van der Waals surface area (Å²) in [7, 11) is 0. The molecule has 4 nitrogen and oxygen atoms in total. The summed E-state index contributed by atoms with van der Waals surface area (Å²) in [5, 5.41) is 9.43. The number of rotatable bonds is 8. The number of ketones is 1. The third-order valence-corrected chi connectivity index (χ3v) is 8.17. The zero-order chi connectivity index (χ0) is 23.4. The summed E-state index contributed by atoms with van der Waals surface area (Å²) in [5.41, 5.74) is 3.19. The summed E-state index contributed by atoms with van der Waals surface area (Å²) in [6.07, 6.45) is 2.89. The Bertz CT molecular complexity index is 1110. The lowest BCUT2D eigenvalue weighted by molar-refractivity contribution is -0.138. The predicted octanol–water partition coefficient (Wildman–Crippen LogP) is 6.01. The number of aliphatic hydroxyl groups excluding tert-OH is 1. The smallest absolute Gasteiger partial charge is 0.223 e. The first kappa shape index (κ1) is 23.4. The van der Waals surface area contributed by atoms with Crippen molar-refractivity contribution in [2.24, 2.45) is 0 Å². The van der Waals surface area contributed by atoms with Crippen molar-refractivity contribution >= 4 is 23.0 Å². The molecule has 1 aliphatic rings. The Kier molecular flexibility index (Phi) is 7.11. The Labute approximate surface area is 199 Å². The molecule has 2 atom stereocenters. The van der Waals surface area contributed by atoms with Crippen molar-refractivity contribution < 1.29 is 14.7 Å². The molecule has 0 radical (unpaired) electrons. The van der Waals surface area contributed by atoms with E-state index in [0.29, 0.717) is 19.4 Å². The highest BCUT2D eigenvalue weighted by Gasteiger charge is 2.41. The van der Waals surface area contributed by atoms with Crippen LogP contribution in [0.1, 0.15) is 66.4 Å². The molecule has 1 saturated heterocycles. The third kappa shape index (κ3) is 4.94. The van der Waals surface area contributed by atoms with Crippen LogP contribution in [0.3, 0.4) is 0 Å². The first-order valence-corrected chi connectivity index (χ1v) is 12.4. The third-order valence-electron chi connectivity index (χ3n) is 6.94. The van der Waals surface area contributed by atoms with Crippen LogP contribution in [0.15, 0.2) is 66.7 Å². The molecule has 3 aromatic rings. The molecule has 1 aromatic heterocycles. The topological polar surface area (TPSA) is 57.6 Å². The van der Waals surface area contributed by atoms with Gasteiger partial charge in [-0.15, -0.1) is 11.3 Å². The van der Waals surface area contributed by atoms with Gasteiger partial charge in [0.25, 0.3) is 0 Å². The second-order valence-corrected chi connectivity index (χ2v) is 10.1. The number of carbonyl (C=O) groups is 2. The number of hydrogen-bond acceptors (Lipinski definition) is 4. The minimum absolute atomic E-state index is 0.00529. The first-order valence-electron chi connectivity index (χ1n) is 11.6. The van der Waals surface area contributed by atoms with Gasteiger partial charge in [0, 0.05) is 29.9 Å². The monoisotopic (exact) mass is 461 g/mol. The summed E-state index contributed by atoms with van der Waals surface area (Å²) in [5.74, 6) is 0.259. The Morgan fingerprint density at radius 3 is 2.42 bits per heavy atom. The van der Waals surface area contributed by atoms with Crippen LogP contribution >= 0.6 is 11.3 Å². The Hall–Kier alpha value is -2.76. The zero-order valence-electron chi connectivity index (χ0n) is 19.3. The largest absolute Gasteiger partial charge is 0.396 e. The van der Waals surface area contributed by atoms with Crippen molar-refractivity contribution in [3.8, 4) is 10.4 Å². The summed E-state index contributed by atoms with van der Waals surface area (Å²) in [4.78, 5) is 28.8. The SMILES string of the molecule is CC(=O)c1ccc(-c2ccc([C@H](C)N3CCC(CCCO)(c4ccccc4)CC3=O)cc2)s1. The number of hydrogen-bond donors (Lipinski definition) is 1. The van der Waals surface area contributed by atoms with Crippen molar-refractivity contribution in [3.05, 3.63) is 82.7 Å². The van der Waals surface area contributed by atoms with Gasteiger partial charge in [-0.05, 0) is 61.9 Å². The fourth-order valence-corrected chi connectivity index (χ4v) is 5.86. The first-order chi connectivity index (χ1) is 15.9. The second-order valence-electron chi connectivity index (χ2n) is 9.01. The number of amides is 1. The Balaban J connectivity index is 1.49. The molecule has 0 spiro atoms. The highest BCUT2D eigenvalue weighted by molar-refractivity contribution is 7.17. The maximum absolute atomic E-state index is 13.3. The number of carbonyl (C=O) groups excluding carboxylic acids is 2. The van der Waals surface area contributed by atoms with Gasteiger partial charge in [0.1, 0.15) is 0 Å². The average Bonchev–Trinajstić information content (AvgIpc) is 3.34. The molecule has 2 heterocycles. The molecule has 1 N–H and O–H groups in total. The van der Waals surface area contributed by atoms with Crippen LogP contribution in [0.2, 0.25) is 0 Å². The van der Waals surface area contributed by atoms with Gasteiger partial charge in [-0.25, -0.2) is 0 Å². The molecular weight excluding hydrogens is 430 g/mol. The van der Waals surface area contributed by atoms with Gasteiger partial charge in [0.2, 0.25) is 5.91 Å². The van der Waals surface area contributed by atoms with Gasteiger partial charge in [-0.1, -0.05) is 54.6 Å². The molecule has 1 fully saturated rings. The van der Waals surface area contributed by atoms with E-state index >= 15 is 0 Å². The van der Waals surface area contributed by atoms with Crippen LogP contribution in [-0.4, -0.2) is 34.8 Å². The standard InChI is InChI=1S/C28H31NO3S/c1-20(22-9-11-23(12-10-22)26-14-13-25(33-26)21(2)31)29-17-16-28(15-6-18-30,19-27(29)32)24-7-4-3-5-8-24/h3-5,7-14,20,30H,6,15-19H2,1-2H3/t20-,28?/m0/s1. The normalized spacial score (nSPS) is 19.5. The van der Waals surface area contributed by atoms with E-state index in [2.05, 4.69) is 43.3 Å². The van der Waals surface area contributed by atoms with E-state index in [1.807, 2.05) is 35.2 Å². The minimum Gasteiger partial charge on any atom is -0.396 e. The highest BCUT2D eigenvalue weighted by Crippen LogP contribution is 2.42. The van der Waals surface area contributed by atoms with Crippen molar-refractivity contribution in [2.75, 3.05) is 13.2 Å². The fourth-order valence-electron chi connectivity index (χ4n) is 4.95. The van der Waals surface area contributed by atoms with Crippen LogP contribution in [0.5, 0.6) is 0 Å². The predicted molar refractivity (Wildman–Crippen MR) is 134 cm³/mol. The summed E-state index contributed by atoms with van der Waals surface area (Å²) in [6.45, 7) is 4.53. The van der Waals surface area contributed by atoms with Crippen molar-refractivity contribution in [1.82, 2.24) is 4.90 Å². The highest BCUT2D eigenvalue weighted by atomic mass is 32.1. The summed E-state index contributed by atoms with van der Waals surface area (Å²) < 4.78 is 0. The van der Waals surface area contributed by atoms with Crippen LogP contribution in [0.25, 0.3) is 10.4 Å². The summed E-state index contributed by atoms with van der Waals surface area (Å²) in [6, 6.07) is 22.5. The van der Waals surface area contributed by atoms with Gasteiger partial charge in [-0.2, -0.15) is 0 Å². The van der Waals surface area contributed by atoms with E-state index in [-0.39, 0.29) is 29.8 Å².